The number of nitrogens with one attached hydrogen (secondary N) is 1. The van der Waals surface area contributed by atoms with E-state index in [1.165, 1.54) is 0 Å². The van der Waals surface area contributed by atoms with Crippen LogP contribution in [0.1, 0.15) is 23.0 Å². The van der Waals surface area contributed by atoms with E-state index in [4.69, 9.17) is 10.5 Å². The van der Waals surface area contributed by atoms with Crippen LogP contribution in [-0.2, 0) is 4.74 Å². The second kappa shape index (κ2) is 4.85. The van der Waals surface area contributed by atoms with Crippen LogP contribution in [0, 0.1) is 6.92 Å². The first-order chi connectivity index (χ1) is 8.13. The minimum Gasteiger partial charge on any atom is -0.373 e. The maximum atomic E-state index is 12.3. The lowest BCUT2D eigenvalue weighted by atomic mass is 10.1. The lowest BCUT2D eigenvalue weighted by Gasteiger charge is -2.37. The molecule has 3 N–H and O–H groups in total. The minimum atomic E-state index is -0.0673. The number of rotatable bonds is 2. The zero-order chi connectivity index (χ0) is 12.4. The highest BCUT2D eigenvalue weighted by molar-refractivity contribution is 5.95. The molecule has 0 aliphatic carbocycles. The van der Waals surface area contributed by atoms with Crippen molar-refractivity contribution in [3.8, 4) is 0 Å². The molecule has 6 nitrogen and oxygen atoms in total. The molecule has 1 aliphatic heterocycles. The van der Waals surface area contributed by atoms with E-state index in [1.54, 1.807) is 11.1 Å². The Bertz CT molecular complexity index is 404. The van der Waals surface area contributed by atoms with Gasteiger partial charge in [-0.05, 0) is 13.8 Å². The van der Waals surface area contributed by atoms with Crippen LogP contribution in [0.4, 0.5) is 0 Å². The fourth-order valence-electron chi connectivity index (χ4n) is 1.96. The molecule has 2 atom stereocenters. The SMILES string of the molecule is Cc1[nH]ncc1C(=O)N1CC(CN)OCC1C. The predicted octanol–water partition coefficient (Wildman–Crippen LogP) is -0.0937. The Balaban J connectivity index is 2.15. The van der Waals surface area contributed by atoms with Gasteiger partial charge in [-0.3, -0.25) is 9.89 Å². The number of carbonyl (C=O) groups excluding carboxylic acids is 1. The van der Waals surface area contributed by atoms with E-state index in [2.05, 4.69) is 10.2 Å². The summed E-state index contributed by atoms with van der Waals surface area (Å²) in [6.07, 6.45) is 1.50. The topological polar surface area (TPSA) is 84.2 Å². The number of morpholine rings is 1. The molecule has 0 radical (unpaired) electrons. The van der Waals surface area contributed by atoms with Gasteiger partial charge >= 0.3 is 0 Å². The van der Waals surface area contributed by atoms with Crippen molar-refractivity contribution in [1.82, 2.24) is 15.1 Å². The molecule has 1 aromatic rings. The summed E-state index contributed by atoms with van der Waals surface area (Å²) in [5, 5.41) is 6.65. The molecule has 1 aliphatic rings. The molecule has 94 valence electrons. The number of hydrogen-bond donors (Lipinski definition) is 2. The molecule has 2 heterocycles. The number of nitrogens with zero attached hydrogens (tertiary/aromatic N) is 2. The van der Waals surface area contributed by atoms with Crippen molar-refractivity contribution in [2.45, 2.75) is 26.0 Å². The molecule has 2 unspecified atom stereocenters. The molecule has 0 bridgehead atoms. The van der Waals surface area contributed by atoms with Gasteiger partial charge in [0, 0.05) is 18.8 Å². The summed E-state index contributed by atoms with van der Waals surface area (Å²) in [5.74, 6) is -0.00880. The fraction of sp³-hybridized carbons (Fsp3) is 0.636. The van der Waals surface area contributed by atoms with Gasteiger partial charge in [-0.15, -0.1) is 0 Å². The summed E-state index contributed by atoms with van der Waals surface area (Å²) >= 11 is 0. The Morgan fingerprint density at radius 1 is 1.76 bits per heavy atom. The molecule has 0 aromatic carbocycles. The Morgan fingerprint density at radius 2 is 2.53 bits per heavy atom. The van der Waals surface area contributed by atoms with Gasteiger partial charge in [0.2, 0.25) is 0 Å². The quantitative estimate of drug-likeness (QED) is 0.754. The average Bonchev–Trinajstić information content (AvgIpc) is 2.75. The van der Waals surface area contributed by atoms with Crippen molar-refractivity contribution in [2.24, 2.45) is 5.73 Å². The number of H-pyrrole nitrogens is 1. The molecule has 17 heavy (non-hydrogen) atoms. The van der Waals surface area contributed by atoms with Crippen molar-refractivity contribution < 1.29 is 9.53 Å². The monoisotopic (exact) mass is 238 g/mol. The van der Waals surface area contributed by atoms with Crippen LogP contribution in [0.25, 0.3) is 0 Å². The zero-order valence-electron chi connectivity index (χ0n) is 10.1. The third-order valence-corrected chi connectivity index (χ3v) is 3.09. The smallest absolute Gasteiger partial charge is 0.257 e. The molecular weight excluding hydrogens is 220 g/mol. The first-order valence-corrected chi connectivity index (χ1v) is 5.76. The standard InChI is InChI=1S/C11H18N4O2/c1-7-6-17-9(3-12)5-15(7)11(16)10-4-13-14-8(10)2/h4,7,9H,3,5-6,12H2,1-2H3,(H,13,14). The van der Waals surface area contributed by atoms with Crippen LogP contribution in [-0.4, -0.2) is 52.8 Å². The molecular formula is C11H18N4O2. The summed E-state index contributed by atoms with van der Waals surface area (Å²) in [7, 11) is 0. The molecule has 2 rings (SSSR count). The van der Waals surface area contributed by atoms with Gasteiger partial charge < -0.3 is 15.4 Å². The first kappa shape index (κ1) is 12.1. The van der Waals surface area contributed by atoms with Gasteiger partial charge in [-0.1, -0.05) is 0 Å². The Hall–Kier alpha value is -1.40. The van der Waals surface area contributed by atoms with E-state index >= 15 is 0 Å². The Kier molecular flexibility index (Phi) is 3.44. The molecule has 0 saturated carbocycles. The normalized spacial score (nSPS) is 25.0. The van der Waals surface area contributed by atoms with Crippen molar-refractivity contribution in [2.75, 3.05) is 19.7 Å². The molecule has 1 fully saturated rings. The maximum Gasteiger partial charge on any atom is 0.257 e. The van der Waals surface area contributed by atoms with Crippen LogP contribution in [0.5, 0.6) is 0 Å². The number of nitrogens with two attached hydrogens (primary N) is 1. The first-order valence-electron chi connectivity index (χ1n) is 5.76. The van der Waals surface area contributed by atoms with Crippen LogP contribution in [0.2, 0.25) is 0 Å². The second-order valence-electron chi connectivity index (χ2n) is 4.41. The average molecular weight is 238 g/mol. The third kappa shape index (κ3) is 2.32. The van der Waals surface area contributed by atoms with E-state index in [0.29, 0.717) is 25.3 Å². The molecule has 6 heteroatoms. The van der Waals surface area contributed by atoms with Crippen LogP contribution in [0.3, 0.4) is 0 Å². The van der Waals surface area contributed by atoms with E-state index in [0.717, 1.165) is 5.69 Å². The lowest BCUT2D eigenvalue weighted by molar-refractivity contribution is -0.0426. The van der Waals surface area contributed by atoms with Crippen LogP contribution < -0.4 is 5.73 Å². The van der Waals surface area contributed by atoms with Crippen molar-refractivity contribution >= 4 is 5.91 Å². The predicted molar refractivity (Wildman–Crippen MR) is 62.6 cm³/mol. The zero-order valence-corrected chi connectivity index (χ0v) is 10.1. The summed E-state index contributed by atoms with van der Waals surface area (Å²) in [6, 6.07) is 0.0691. The van der Waals surface area contributed by atoms with Crippen LogP contribution >= 0.6 is 0 Å². The molecule has 0 spiro atoms. The fourth-order valence-corrected chi connectivity index (χ4v) is 1.96. The van der Waals surface area contributed by atoms with Gasteiger partial charge in [-0.2, -0.15) is 5.10 Å². The Labute approximate surface area is 100 Å². The summed E-state index contributed by atoms with van der Waals surface area (Å²) in [6.45, 7) is 5.32. The summed E-state index contributed by atoms with van der Waals surface area (Å²) in [5.41, 5.74) is 6.99. The number of hydrogen-bond acceptors (Lipinski definition) is 4. The molecule has 1 aromatic heterocycles. The van der Waals surface area contributed by atoms with Gasteiger partial charge in [0.15, 0.2) is 0 Å². The summed E-state index contributed by atoms with van der Waals surface area (Å²) < 4.78 is 5.53. The van der Waals surface area contributed by atoms with Crippen molar-refractivity contribution in [3.63, 3.8) is 0 Å². The number of aromatic nitrogens is 2. The number of ether oxygens (including phenoxy) is 1. The number of aromatic amines is 1. The van der Waals surface area contributed by atoms with E-state index < -0.39 is 0 Å². The molecule has 1 amide bonds. The highest BCUT2D eigenvalue weighted by Crippen LogP contribution is 2.16. The highest BCUT2D eigenvalue weighted by atomic mass is 16.5. The van der Waals surface area contributed by atoms with E-state index in [-0.39, 0.29) is 18.1 Å². The lowest BCUT2D eigenvalue weighted by Crippen LogP contribution is -2.52. The van der Waals surface area contributed by atoms with E-state index in [9.17, 15) is 4.79 Å². The number of carbonyl (C=O) groups is 1. The number of amides is 1. The Morgan fingerprint density at radius 3 is 3.12 bits per heavy atom. The number of aryl methyl sites for hydroxylation is 1. The van der Waals surface area contributed by atoms with Gasteiger partial charge in [0.05, 0.1) is 30.5 Å². The maximum absolute atomic E-state index is 12.3. The van der Waals surface area contributed by atoms with Gasteiger partial charge in [0.1, 0.15) is 0 Å². The largest absolute Gasteiger partial charge is 0.373 e. The second-order valence-corrected chi connectivity index (χ2v) is 4.41. The van der Waals surface area contributed by atoms with Gasteiger partial charge in [-0.25, -0.2) is 0 Å². The summed E-state index contributed by atoms with van der Waals surface area (Å²) in [4.78, 5) is 14.1. The third-order valence-electron chi connectivity index (χ3n) is 3.09. The minimum absolute atomic E-state index is 0.00880. The highest BCUT2D eigenvalue weighted by Gasteiger charge is 2.30. The molecule has 1 saturated heterocycles. The van der Waals surface area contributed by atoms with Crippen molar-refractivity contribution in [1.29, 1.82) is 0 Å². The van der Waals surface area contributed by atoms with E-state index in [1.807, 2.05) is 13.8 Å². The van der Waals surface area contributed by atoms with Crippen molar-refractivity contribution in [3.05, 3.63) is 17.5 Å². The van der Waals surface area contributed by atoms with Crippen LogP contribution in [0.15, 0.2) is 6.20 Å². The van der Waals surface area contributed by atoms with Gasteiger partial charge in [0.25, 0.3) is 5.91 Å².